The van der Waals surface area contributed by atoms with Crippen LogP contribution >= 0.6 is 11.8 Å². The number of carboxylic acid groups (broad SMARTS) is 1. The van der Waals surface area contributed by atoms with Crippen molar-refractivity contribution in [2.45, 2.75) is 39.2 Å². The molecule has 0 spiro atoms. The average Bonchev–Trinajstić information content (AvgIpc) is 2.39. The fourth-order valence-corrected chi connectivity index (χ4v) is 3.01. The molecule has 3 atom stereocenters. The number of aliphatic carboxylic acids is 1. The lowest BCUT2D eigenvalue weighted by atomic mass is 9.82. The van der Waals surface area contributed by atoms with Gasteiger partial charge in [0.25, 0.3) is 0 Å². The lowest BCUT2D eigenvalue weighted by Gasteiger charge is -2.26. The monoisotopic (exact) mass is 285 g/mol. The van der Waals surface area contributed by atoms with Crippen molar-refractivity contribution in [2.24, 2.45) is 11.8 Å². The quantitative estimate of drug-likeness (QED) is 0.556. The number of allylic oxidation sites excluding steroid dienone is 2. The van der Waals surface area contributed by atoms with Crippen LogP contribution in [0.3, 0.4) is 0 Å². The Kier molecular flexibility index (Phi) is 6.99. The van der Waals surface area contributed by atoms with Crippen molar-refractivity contribution in [3.05, 3.63) is 12.2 Å². The van der Waals surface area contributed by atoms with Gasteiger partial charge in [-0.3, -0.25) is 9.59 Å². The number of hydrogen-bond donors (Lipinski definition) is 2. The number of thioether (sulfide) groups is 1. The van der Waals surface area contributed by atoms with E-state index >= 15 is 0 Å². The summed E-state index contributed by atoms with van der Waals surface area (Å²) in [4.78, 5) is 23.3. The summed E-state index contributed by atoms with van der Waals surface area (Å²) in [5.74, 6) is 0.0930. The number of carboxylic acids is 1. The summed E-state index contributed by atoms with van der Waals surface area (Å²) in [7, 11) is 0. The Hall–Kier alpha value is -0.970. The van der Waals surface area contributed by atoms with Crippen molar-refractivity contribution in [3.63, 3.8) is 0 Å². The van der Waals surface area contributed by atoms with E-state index in [9.17, 15) is 9.59 Å². The first-order chi connectivity index (χ1) is 9.06. The maximum atomic E-state index is 12.1. The average molecular weight is 285 g/mol. The molecule has 108 valence electrons. The van der Waals surface area contributed by atoms with Crippen molar-refractivity contribution in [3.8, 4) is 0 Å². The number of amides is 1. The molecule has 1 amide bonds. The van der Waals surface area contributed by atoms with Crippen molar-refractivity contribution in [2.75, 3.05) is 11.5 Å². The summed E-state index contributed by atoms with van der Waals surface area (Å²) < 4.78 is 0. The van der Waals surface area contributed by atoms with Crippen LogP contribution in [-0.4, -0.2) is 34.5 Å². The maximum absolute atomic E-state index is 12.1. The van der Waals surface area contributed by atoms with Gasteiger partial charge in [0.15, 0.2) is 0 Å². The summed E-state index contributed by atoms with van der Waals surface area (Å²) in [6, 6.07) is 0.104. The van der Waals surface area contributed by atoms with Gasteiger partial charge in [-0.25, -0.2) is 0 Å². The highest BCUT2D eigenvalue weighted by molar-refractivity contribution is 7.99. The van der Waals surface area contributed by atoms with Gasteiger partial charge in [-0.15, -0.1) is 0 Å². The van der Waals surface area contributed by atoms with Crippen LogP contribution in [0.2, 0.25) is 0 Å². The molecule has 1 rings (SSSR count). The summed E-state index contributed by atoms with van der Waals surface area (Å²) in [5.41, 5.74) is 0. The third kappa shape index (κ3) is 5.27. The topological polar surface area (TPSA) is 66.4 Å². The zero-order valence-electron chi connectivity index (χ0n) is 11.6. The highest BCUT2D eigenvalue weighted by atomic mass is 32.2. The predicted octanol–water partition coefficient (Wildman–Crippen LogP) is 2.30. The van der Waals surface area contributed by atoms with Gasteiger partial charge < -0.3 is 10.4 Å². The molecule has 1 unspecified atom stereocenters. The Bertz CT molecular complexity index is 344. The third-order valence-electron chi connectivity index (χ3n) is 3.37. The molecule has 0 fully saturated rings. The standard InChI is InChI=1S/C14H23NO3S/c1-3-19-9-8-10(2)15-13(16)11-6-4-5-7-12(11)14(17)18/h4-5,10-12H,3,6-9H2,1-2H3,(H,15,16)(H,17,18)/t10?,11-,12+/m1/s1. The first-order valence-electron chi connectivity index (χ1n) is 6.82. The van der Waals surface area contributed by atoms with Crippen molar-refractivity contribution >= 4 is 23.6 Å². The normalized spacial score (nSPS) is 23.9. The molecular weight excluding hydrogens is 262 g/mol. The third-order valence-corrected chi connectivity index (χ3v) is 4.31. The van der Waals surface area contributed by atoms with Gasteiger partial charge in [-0.05, 0) is 37.7 Å². The van der Waals surface area contributed by atoms with Crippen LogP contribution in [-0.2, 0) is 9.59 Å². The molecule has 0 radical (unpaired) electrons. The van der Waals surface area contributed by atoms with E-state index in [4.69, 9.17) is 5.11 Å². The molecule has 0 aromatic rings. The Balaban J connectivity index is 2.47. The minimum atomic E-state index is -0.876. The number of hydrogen-bond acceptors (Lipinski definition) is 3. The fraction of sp³-hybridized carbons (Fsp3) is 0.714. The van der Waals surface area contributed by atoms with E-state index < -0.39 is 17.8 Å². The minimum absolute atomic E-state index is 0.104. The number of nitrogens with one attached hydrogen (secondary N) is 1. The second-order valence-corrected chi connectivity index (χ2v) is 6.28. The number of carbonyl (C=O) groups excluding carboxylic acids is 1. The Morgan fingerprint density at radius 3 is 2.58 bits per heavy atom. The maximum Gasteiger partial charge on any atom is 0.307 e. The minimum Gasteiger partial charge on any atom is -0.481 e. The highest BCUT2D eigenvalue weighted by Gasteiger charge is 2.34. The smallest absolute Gasteiger partial charge is 0.307 e. The van der Waals surface area contributed by atoms with E-state index in [2.05, 4.69) is 12.2 Å². The molecule has 0 aliphatic heterocycles. The summed E-state index contributed by atoms with van der Waals surface area (Å²) >= 11 is 1.85. The van der Waals surface area contributed by atoms with E-state index in [0.29, 0.717) is 12.8 Å². The Morgan fingerprint density at radius 2 is 2.00 bits per heavy atom. The largest absolute Gasteiger partial charge is 0.481 e. The van der Waals surface area contributed by atoms with Crippen LogP contribution in [0.25, 0.3) is 0 Å². The van der Waals surface area contributed by atoms with Gasteiger partial charge in [0.05, 0.1) is 11.8 Å². The van der Waals surface area contributed by atoms with Crippen molar-refractivity contribution in [1.29, 1.82) is 0 Å². The van der Waals surface area contributed by atoms with Gasteiger partial charge in [0.2, 0.25) is 5.91 Å². The molecule has 0 aromatic carbocycles. The molecule has 0 bridgehead atoms. The zero-order valence-corrected chi connectivity index (χ0v) is 12.4. The SMILES string of the molecule is CCSCCC(C)NC(=O)[C@@H]1CC=CC[C@@H]1C(=O)O. The van der Waals surface area contributed by atoms with Gasteiger partial charge in [0.1, 0.15) is 0 Å². The molecule has 19 heavy (non-hydrogen) atoms. The van der Waals surface area contributed by atoms with Crippen LogP contribution in [0.1, 0.15) is 33.1 Å². The van der Waals surface area contributed by atoms with E-state index in [-0.39, 0.29) is 11.9 Å². The van der Waals surface area contributed by atoms with Crippen LogP contribution in [0.15, 0.2) is 12.2 Å². The fourth-order valence-electron chi connectivity index (χ4n) is 2.20. The summed E-state index contributed by atoms with van der Waals surface area (Å²) in [5, 5.41) is 12.1. The van der Waals surface area contributed by atoms with E-state index in [1.807, 2.05) is 30.8 Å². The molecule has 2 N–H and O–H groups in total. The van der Waals surface area contributed by atoms with Crippen LogP contribution in [0, 0.1) is 11.8 Å². The molecule has 0 aromatic heterocycles. The predicted molar refractivity (Wildman–Crippen MR) is 78.2 cm³/mol. The summed E-state index contributed by atoms with van der Waals surface area (Å²) in [6.45, 7) is 4.09. The molecule has 1 aliphatic rings. The second kappa shape index (κ2) is 8.25. The van der Waals surface area contributed by atoms with E-state index in [1.165, 1.54) is 0 Å². The molecule has 0 heterocycles. The van der Waals surface area contributed by atoms with Gasteiger partial charge in [0, 0.05) is 6.04 Å². The van der Waals surface area contributed by atoms with E-state index in [0.717, 1.165) is 17.9 Å². The van der Waals surface area contributed by atoms with Crippen LogP contribution < -0.4 is 5.32 Å². The molecule has 0 saturated carbocycles. The van der Waals surface area contributed by atoms with Gasteiger partial charge in [-0.1, -0.05) is 19.1 Å². The number of rotatable bonds is 7. The second-order valence-electron chi connectivity index (χ2n) is 4.89. The van der Waals surface area contributed by atoms with Gasteiger partial charge in [-0.2, -0.15) is 11.8 Å². The van der Waals surface area contributed by atoms with Crippen molar-refractivity contribution < 1.29 is 14.7 Å². The Labute approximate surface area is 119 Å². The summed E-state index contributed by atoms with van der Waals surface area (Å²) in [6.07, 6.45) is 5.66. The molecule has 4 nitrogen and oxygen atoms in total. The lowest BCUT2D eigenvalue weighted by molar-refractivity contribution is -0.147. The van der Waals surface area contributed by atoms with Crippen molar-refractivity contribution in [1.82, 2.24) is 5.32 Å². The molecule has 5 heteroatoms. The van der Waals surface area contributed by atoms with Gasteiger partial charge >= 0.3 is 5.97 Å². The lowest BCUT2D eigenvalue weighted by Crippen LogP contribution is -2.42. The zero-order chi connectivity index (χ0) is 14.3. The Morgan fingerprint density at radius 1 is 1.37 bits per heavy atom. The van der Waals surface area contributed by atoms with E-state index in [1.54, 1.807) is 0 Å². The molecular formula is C14H23NO3S. The first kappa shape index (κ1) is 16.1. The van der Waals surface area contributed by atoms with Crippen LogP contribution in [0.4, 0.5) is 0 Å². The molecule has 0 saturated heterocycles. The first-order valence-corrected chi connectivity index (χ1v) is 7.97. The highest BCUT2D eigenvalue weighted by Crippen LogP contribution is 2.26. The number of carbonyl (C=O) groups is 2. The van der Waals surface area contributed by atoms with Crippen LogP contribution in [0.5, 0.6) is 0 Å². The molecule has 1 aliphatic carbocycles.